The maximum absolute atomic E-state index is 11.8. The van der Waals surface area contributed by atoms with E-state index in [-0.39, 0.29) is 101 Å². The second-order valence-corrected chi connectivity index (χ2v) is 12.7. The first-order valence-corrected chi connectivity index (χ1v) is 20.1. The summed E-state index contributed by atoms with van der Waals surface area (Å²) in [6.45, 7) is 23.9. The minimum atomic E-state index is -0.882. The molecule has 0 aliphatic carbocycles. The van der Waals surface area contributed by atoms with Crippen molar-refractivity contribution in [3.8, 4) is 0 Å². The normalized spacial score (nSPS) is 12.6. The molecule has 0 aromatic carbocycles. The Morgan fingerprint density at radius 1 is 0.350 bits per heavy atom. The molecule has 0 aliphatic heterocycles. The van der Waals surface area contributed by atoms with Crippen molar-refractivity contribution >= 4 is 35.4 Å². The molecule has 6 N–H and O–H groups in total. The van der Waals surface area contributed by atoms with E-state index in [1.54, 1.807) is 0 Å². The van der Waals surface area contributed by atoms with Crippen LogP contribution in [-0.2, 0) is 57.2 Å². The largest absolute Gasteiger partial charge is 0.379 e. The van der Waals surface area contributed by atoms with E-state index in [2.05, 4.69) is 71.4 Å². The van der Waals surface area contributed by atoms with Gasteiger partial charge in [0.15, 0.2) is 0 Å². The molecule has 0 unspecified atom stereocenters. The van der Waals surface area contributed by atoms with Gasteiger partial charge in [0, 0.05) is 78.9 Å². The van der Waals surface area contributed by atoms with Gasteiger partial charge in [0.05, 0.1) is 13.2 Å². The van der Waals surface area contributed by atoms with Crippen LogP contribution in [-0.4, -0.2) is 152 Å². The molecule has 338 valence electrons. The van der Waals surface area contributed by atoms with Crippen LogP contribution in [0.4, 0.5) is 0 Å². The van der Waals surface area contributed by atoms with Gasteiger partial charge in [-0.1, -0.05) is 39.5 Å². The Kier molecular flexibility index (Phi) is 35.1. The lowest BCUT2D eigenvalue weighted by atomic mass is 10.0. The topological polar surface area (TPSA) is 230 Å². The molecule has 0 rings (SSSR count). The molecule has 0 radical (unpaired) electrons. The Labute approximate surface area is 355 Å². The van der Waals surface area contributed by atoms with E-state index in [0.29, 0.717) is 64.7 Å². The minimum absolute atomic E-state index is 0.0195. The average Bonchev–Trinajstić information content (AvgIpc) is 3.26. The fourth-order valence-electron chi connectivity index (χ4n) is 4.95. The molecule has 0 saturated carbocycles. The molecule has 0 saturated heterocycles. The van der Waals surface area contributed by atoms with Crippen molar-refractivity contribution in [2.75, 3.05) is 92.1 Å². The highest BCUT2D eigenvalue weighted by molar-refractivity contribution is 5.88. The Morgan fingerprint density at radius 3 is 0.800 bits per heavy atom. The number of amides is 6. The second-order valence-electron chi connectivity index (χ2n) is 12.7. The third kappa shape index (κ3) is 30.1. The Morgan fingerprint density at radius 2 is 0.567 bits per heavy atom. The van der Waals surface area contributed by atoms with Gasteiger partial charge in [0.2, 0.25) is 35.4 Å². The highest BCUT2D eigenvalue weighted by atomic mass is 16.6. The van der Waals surface area contributed by atoms with Gasteiger partial charge in [-0.05, 0) is 75.0 Å². The first-order chi connectivity index (χ1) is 29.1. The summed E-state index contributed by atoms with van der Waals surface area (Å²) >= 11 is 0. The zero-order chi connectivity index (χ0) is 44.6. The SMILES string of the molecule is C=CC(=O)NCCCOC[C@@H](OCCCNC(=O)C=C)[C@@H](OCCCNC(=O)C=C)[C@H](OCCCNC(=O)C=C)[C@@H](COCCCNC(=O)C=C)OCCCNC(=O)C=C. The standard InChI is InChI=1S/C42H68N6O12/c1-7-35(49)43-19-13-25-55-31-33(57-27-15-21-45-37(51)9-3)41(59-29-17-23-47-39(53)11-5)42(60-30-18-24-48-40(54)12-6)34(58-28-16-22-46-38(52)10-4)32-56-26-14-20-44-36(50)8-2/h7-12,33-34,41-42H,1-6,13-32H2,(H,43,49)(H,44,50)(H,45,51)(H,46,52)(H,47,53)(H,48,54)/t33-,34-,41-,42-/m1/s1. The molecule has 0 aromatic rings. The highest BCUT2D eigenvalue weighted by Gasteiger charge is 2.38. The maximum Gasteiger partial charge on any atom is 0.243 e. The van der Waals surface area contributed by atoms with Crippen molar-refractivity contribution < 1.29 is 57.2 Å². The third-order valence-corrected chi connectivity index (χ3v) is 8.03. The van der Waals surface area contributed by atoms with Crippen LogP contribution in [0.5, 0.6) is 0 Å². The number of nitrogens with one attached hydrogen (secondary N) is 6. The van der Waals surface area contributed by atoms with Crippen LogP contribution >= 0.6 is 0 Å². The number of ether oxygens (including phenoxy) is 6. The van der Waals surface area contributed by atoms with Gasteiger partial charge in [-0.3, -0.25) is 28.8 Å². The molecule has 60 heavy (non-hydrogen) atoms. The molecular weight excluding hydrogens is 780 g/mol. The van der Waals surface area contributed by atoms with Crippen molar-refractivity contribution in [3.63, 3.8) is 0 Å². The monoisotopic (exact) mass is 848 g/mol. The fraction of sp³-hybridized carbons (Fsp3) is 0.571. The van der Waals surface area contributed by atoms with Gasteiger partial charge in [0.25, 0.3) is 0 Å². The number of hydrogen-bond acceptors (Lipinski definition) is 12. The molecule has 0 aromatic heterocycles. The first-order valence-electron chi connectivity index (χ1n) is 20.1. The summed E-state index contributed by atoms with van der Waals surface area (Å²) in [5, 5.41) is 16.3. The Hall–Kier alpha value is -4.98. The predicted octanol–water partition coefficient (Wildman–Crippen LogP) is 0.714. The lowest BCUT2D eigenvalue weighted by Crippen LogP contribution is -2.53. The van der Waals surface area contributed by atoms with E-state index < -0.39 is 24.4 Å². The van der Waals surface area contributed by atoms with Crippen LogP contribution < -0.4 is 31.9 Å². The van der Waals surface area contributed by atoms with Crippen molar-refractivity contribution in [1.82, 2.24) is 31.9 Å². The lowest BCUT2D eigenvalue weighted by molar-refractivity contribution is -0.197. The van der Waals surface area contributed by atoms with Crippen LogP contribution in [0.1, 0.15) is 38.5 Å². The summed E-state index contributed by atoms with van der Waals surface area (Å²) in [4.78, 5) is 70.5. The van der Waals surface area contributed by atoms with E-state index in [4.69, 9.17) is 28.4 Å². The molecule has 6 amide bonds. The summed E-state index contributed by atoms with van der Waals surface area (Å²) < 4.78 is 38.2. The molecule has 0 heterocycles. The van der Waals surface area contributed by atoms with Crippen molar-refractivity contribution in [2.45, 2.75) is 62.9 Å². The van der Waals surface area contributed by atoms with Gasteiger partial charge in [0.1, 0.15) is 24.4 Å². The smallest absolute Gasteiger partial charge is 0.243 e. The molecule has 0 aliphatic rings. The number of carbonyl (C=O) groups excluding carboxylic acids is 6. The summed E-state index contributed by atoms with van der Waals surface area (Å²) in [5.41, 5.74) is 0. The van der Waals surface area contributed by atoms with E-state index in [1.807, 2.05) is 0 Å². The molecule has 4 atom stereocenters. The quantitative estimate of drug-likeness (QED) is 0.0370. The average molecular weight is 849 g/mol. The van der Waals surface area contributed by atoms with Crippen LogP contribution in [0.25, 0.3) is 0 Å². The number of carbonyl (C=O) groups is 6. The Balaban J connectivity index is 6.71. The van der Waals surface area contributed by atoms with Gasteiger partial charge in [-0.25, -0.2) is 0 Å². The molecule has 0 bridgehead atoms. The summed E-state index contributed by atoms with van der Waals surface area (Å²) in [7, 11) is 0. The third-order valence-electron chi connectivity index (χ3n) is 8.03. The lowest BCUT2D eigenvalue weighted by Gasteiger charge is -2.37. The molecule has 0 spiro atoms. The van der Waals surface area contributed by atoms with Crippen LogP contribution in [0.3, 0.4) is 0 Å². The zero-order valence-corrected chi connectivity index (χ0v) is 35.1. The fourth-order valence-corrected chi connectivity index (χ4v) is 4.95. The zero-order valence-electron chi connectivity index (χ0n) is 35.1. The predicted molar refractivity (Wildman–Crippen MR) is 228 cm³/mol. The molecule has 18 nitrogen and oxygen atoms in total. The van der Waals surface area contributed by atoms with Crippen molar-refractivity contribution in [2.24, 2.45) is 0 Å². The number of rotatable bonds is 41. The second kappa shape index (κ2) is 38.2. The summed E-state index contributed by atoms with van der Waals surface area (Å²) in [6.07, 6.45) is 6.36. The van der Waals surface area contributed by atoms with E-state index in [0.717, 1.165) is 0 Å². The maximum atomic E-state index is 11.8. The molecular formula is C42H68N6O12. The summed E-state index contributed by atoms with van der Waals surface area (Å²) in [6, 6.07) is 0. The van der Waals surface area contributed by atoms with Gasteiger partial charge >= 0.3 is 0 Å². The first kappa shape index (κ1) is 55.0. The van der Waals surface area contributed by atoms with Crippen molar-refractivity contribution in [3.05, 3.63) is 75.9 Å². The van der Waals surface area contributed by atoms with Gasteiger partial charge < -0.3 is 60.3 Å². The van der Waals surface area contributed by atoms with Crippen molar-refractivity contribution in [1.29, 1.82) is 0 Å². The van der Waals surface area contributed by atoms with Crippen LogP contribution in [0.2, 0.25) is 0 Å². The molecule has 0 fully saturated rings. The van der Waals surface area contributed by atoms with Crippen LogP contribution in [0, 0.1) is 0 Å². The van der Waals surface area contributed by atoms with E-state index >= 15 is 0 Å². The molecule has 18 heteroatoms. The van der Waals surface area contributed by atoms with Gasteiger partial charge in [-0.2, -0.15) is 0 Å². The number of hydrogen-bond donors (Lipinski definition) is 6. The van der Waals surface area contributed by atoms with Gasteiger partial charge in [-0.15, -0.1) is 0 Å². The highest BCUT2D eigenvalue weighted by Crippen LogP contribution is 2.21. The van der Waals surface area contributed by atoms with E-state index in [1.165, 1.54) is 36.5 Å². The minimum Gasteiger partial charge on any atom is -0.379 e. The summed E-state index contributed by atoms with van der Waals surface area (Å²) in [5.74, 6) is -1.93. The van der Waals surface area contributed by atoms with E-state index in [9.17, 15) is 28.8 Å². The van der Waals surface area contributed by atoms with Crippen LogP contribution in [0.15, 0.2) is 75.9 Å². The Bertz CT molecular complexity index is 1230.